The third-order valence-corrected chi connectivity index (χ3v) is 4.42. The van der Waals surface area contributed by atoms with Crippen LogP contribution in [-0.2, 0) is 4.79 Å². The molecule has 2 unspecified atom stereocenters. The Bertz CT molecular complexity index is 632. The average Bonchev–Trinajstić information content (AvgIpc) is 2.86. The smallest absolute Gasteiger partial charge is 0.229 e. The van der Waals surface area contributed by atoms with Crippen LogP contribution < -0.4 is 5.32 Å². The van der Waals surface area contributed by atoms with Gasteiger partial charge in [0, 0.05) is 5.92 Å². The number of benzene rings is 1. The van der Waals surface area contributed by atoms with Crippen LogP contribution in [0.3, 0.4) is 0 Å². The molecule has 0 saturated heterocycles. The molecule has 1 fully saturated rings. The molecule has 0 bridgehead atoms. The number of thiazole rings is 1. The van der Waals surface area contributed by atoms with Gasteiger partial charge in [0.25, 0.3) is 0 Å². The van der Waals surface area contributed by atoms with Crippen LogP contribution in [0, 0.1) is 25.7 Å². The van der Waals surface area contributed by atoms with Gasteiger partial charge in [-0.2, -0.15) is 0 Å². The first-order chi connectivity index (χ1) is 8.54. The fourth-order valence-electron chi connectivity index (χ4n) is 2.31. The van der Waals surface area contributed by atoms with E-state index in [0.29, 0.717) is 5.92 Å². The van der Waals surface area contributed by atoms with Gasteiger partial charge in [0.2, 0.25) is 5.91 Å². The third kappa shape index (κ3) is 2.01. The minimum absolute atomic E-state index is 0.121. The molecule has 2 atom stereocenters. The van der Waals surface area contributed by atoms with Gasteiger partial charge >= 0.3 is 0 Å². The summed E-state index contributed by atoms with van der Waals surface area (Å²) in [5.41, 5.74) is 3.41. The lowest BCUT2D eigenvalue weighted by atomic mass is 10.1. The maximum absolute atomic E-state index is 11.9. The van der Waals surface area contributed by atoms with Crippen molar-refractivity contribution in [2.24, 2.45) is 11.8 Å². The monoisotopic (exact) mass is 260 g/mol. The summed E-state index contributed by atoms with van der Waals surface area (Å²) in [6.45, 7) is 6.25. The normalized spacial score (nSPS) is 22.2. The van der Waals surface area contributed by atoms with E-state index >= 15 is 0 Å². The molecular weight excluding hydrogens is 244 g/mol. The first-order valence-corrected chi connectivity index (χ1v) is 7.05. The first-order valence-electron chi connectivity index (χ1n) is 6.23. The highest BCUT2D eigenvalue weighted by Crippen LogP contribution is 2.39. The number of carbonyl (C=O) groups is 1. The Labute approximate surface area is 110 Å². The molecule has 0 radical (unpaired) electrons. The fraction of sp³-hybridized carbons (Fsp3) is 0.429. The molecule has 1 amide bonds. The zero-order valence-electron chi connectivity index (χ0n) is 10.8. The molecule has 1 N–H and O–H groups in total. The Morgan fingerprint density at radius 2 is 2.17 bits per heavy atom. The molecule has 2 aromatic rings. The molecule has 1 aromatic carbocycles. The summed E-state index contributed by atoms with van der Waals surface area (Å²) in [6.07, 6.45) is 1.01. The van der Waals surface area contributed by atoms with Gasteiger partial charge in [0.1, 0.15) is 0 Å². The van der Waals surface area contributed by atoms with Crippen LogP contribution in [0.15, 0.2) is 12.1 Å². The number of hydrogen-bond donors (Lipinski definition) is 1. The topological polar surface area (TPSA) is 42.0 Å². The number of nitrogens with zero attached hydrogens (tertiary/aromatic N) is 1. The Balaban J connectivity index is 1.89. The van der Waals surface area contributed by atoms with Crippen molar-refractivity contribution in [3.05, 3.63) is 23.3 Å². The molecule has 0 aliphatic heterocycles. The molecule has 3 nitrogen and oxygen atoms in total. The standard InChI is InChI=1S/C14H16N2OS/c1-7-4-9(3)12-11(5-7)18-14(15-12)16-13(17)10-6-8(10)2/h4-5,8,10H,6H2,1-3H3,(H,15,16,17). The lowest BCUT2D eigenvalue weighted by Gasteiger charge is -1.98. The van der Waals surface area contributed by atoms with Crippen LogP contribution in [0.5, 0.6) is 0 Å². The minimum Gasteiger partial charge on any atom is -0.302 e. The van der Waals surface area contributed by atoms with Crippen molar-refractivity contribution >= 4 is 32.6 Å². The number of aromatic nitrogens is 1. The SMILES string of the molecule is Cc1cc(C)c2nc(NC(=O)C3CC3C)sc2c1. The van der Waals surface area contributed by atoms with E-state index < -0.39 is 0 Å². The van der Waals surface area contributed by atoms with E-state index in [0.717, 1.165) is 21.8 Å². The van der Waals surface area contributed by atoms with Gasteiger partial charge in [-0.05, 0) is 43.4 Å². The lowest BCUT2D eigenvalue weighted by Crippen LogP contribution is -2.14. The van der Waals surface area contributed by atoms with Crippen molar-refractivity contribution in [1.82, 2.24) is 4.98 Å². The quantitative estimate of drug-likeness (QED) is 0.897. The summed E-state index contributed by atoms with van der Waals surface area (Å²) in [6, 6.07) is 4.24. The van der Waals surface area contributed by atoms with E-state index in [2.05, 4.69) is 43.2 Å². The van der Waals surface area contributed by atoms with Crippen molar-refractivity contribution < 1.29 is 4.79 Å². The number of carbonyl (C=O) groups excluding carboxylic acids is 1. The number of fused-ring (bicyclic) bond motifs is 1. The second-order valence-electron chi connectivity index (χ2n) is 5.26. The van der Waals surface area contributed by atoms with Crippen LogP contribution >= 0.6 is 11.3 Å². The zero-order valence-corrected chi connectivity index (χ0v) is 11.6. The van der Waals surface area contributed by atoms with Crippen LogP contribution in [0.2, 0.25) is 0 Å². The molecule has 1 aliphatic rings. The molecule has 3 rings (SSSR count). The largest absolute Gasteiger partial charge is 0.302 e. The summed E-state index contributed by atoms with van der Waals surface area (Å²) < 4.78 is 1.15. The van der Waals surface area contributed by atoms with Gasteiger partial charge in [0.05, 0.1) is 10.2 Å². The Hall–Kier alpha value is -1.42. The van der Waals surface area contributed by atoms with E-state index in [-0.39, 0.29) is 11.8 Å². The highest BCUT2D eigenvalue weighted by atomic mass is 32.1. The zero-order chi connectivity index (χ0) is 12.9. The number of nitrogens with one attached hydrogen (secondary N) is 1. The van der Waals surface area contributed by atoms with Gasteiger partial charge in [-0.15, -0.1) is 0 Å². The van der Waals surface area contributed by atoms with Crippen molar-refractivity contribution in [1.29, 1.82) is 0 Å². The van der Waals surface area contributed by atoms with Gasteiger partial charge in [-0.3, -0.25) is 4.79 Å². The summed E-state index contributed by atoms with van der Waals surface area (Å²) in [5.74, 6) is 0.846. The number of hydrogen-bond acceptors (Lipinski definition) is 3. The van der Waals surface area contributed by atoms with E-state index in [1.165, 1.54) is 11.1 Å². The van der Waals surface area contributed by atoms with Crippen LogP contribution in [0.1, 0.15) is 24.5 Å². The predicted octanol–water partition coefficient (Wildman–Crippen LogP) is 3.51. The molecule has 94 valence electrons. The van der Waals surface area contributed by atoms with E-state index in [9.17, 15) is 4.79 Å². The lowest BCUT2D eigenvalue weighted by molar-refractivity contribution is -0.117. The maximum Gasteiger partial charge on any atom is 0.229 e. The molecular formula is C14H16N2OS. The third-order valence-electron chi connectivity index (χ3n) is 3.51. The maximum atomic E-state index is 11.9. The molecule has 18 heavy (non-hydrogen) atoms. The summed E-state index contributed by atoms with van der Waals surface area (Å²) in [4.78, 5) is 16.4. The van der Waals surface area contributed by atoms with Crippen LogP contribution in [0.25, 0.3) is 10.2 Å². The molecule has 1 aliphatic carbocycles. The van der Waals surface area contributed by atoms with Gasteiger partial charge in [-0.25, -0.2) is 4.98 Å². The Morgan fingerprint density at radius 1 is 1.44 bits per heavy atom. The Morgan fingerprint density at radius 3 is 2.83 bits per heavy atom. The number of rotatable bonds is 2. The van der Waals surface area contributed by atoms with Crippen LogP contribution in [0.4, 0.5) is 5.13 Å². The first kappa shape index (κ1) is 11.7. The van der Waals surface area contributed by atoms with Gasteiger partial charge in [0.15, 0.2) is 5.13 Å². The minimum atomic E-state index is 0.121. The van der Waals surface area contributed by atoms with E-state index in [1.807, 2.05) is 0 Å². The fourth-order valence-corrected chi connectivity index (χ4v) is 3.35. The highest BCUT2D eigenvalue weighted by Gasteiger charge is 2.39. The number of amides is 1. The molecule has 1 saturated carbocycles. The van der Waals surface area contributed by atoms with Gasteiger partial charge in [-0.1, -0.05) is 24.3 Å². The average molecular weight is 260 g/mol. The highest BCUT2D eigenvalue weighted by molar-refractivity contribution is 7.22. The van der Waals surface area contributed by atoms with Crippen molar-refractivity contribution in [2.75, 3.05) is 5.32 Å². The van der Waals surface area contributed by atoms with Crippen LogP contribution in [-0.4, -0.2) is 10.9 Å². The van der Waals surface area contributed by atoms with Gasteiger partial charge < -0.3 is 5.32 Å². The van der Waals surface area contributed by atoms with E-state index in [1.54, 1.807) is 11.3 Å². The molecule has 4 heteroatoms. The summed E-state index contributed by atoms with van der Waals surface area (Å²) in [5, 5.41) is 3.66. The Kier molecular flexibility index (Phi) is 2.63. The molecule has 0 spiro atoms. The number of anilines is 1. The van der Waals surface area contributed by atoms with Crippen molar-refractivity contribution in [2.45, 2.75) is 27.2 Å². The summed E-state index contributed by atoms with van der Waals surface area (Å²) in [7, 11) is 0. The van der Waals surface area contributed by atoms with E-state index in [4.69, 9.17) is 0 Å². The predicted molar refractivity (Wildman–Crippen MR) is 75.0 cm³/mol. The second-order valence-corrected chi connectivity index (χ2v) is 6.29. The molecule has 1 aromatic heterocycles. The van der Waals surface area contributed by atoms with Crippen molar-refractivity contribution in [3.8, 4) is 0 Å². The summed E-state index contributed by atoms with van der Waals surface area (Å²) >= 11 is 1.56. The number of aryl methyl sites for hydroxylation is 2. The van der Waals surface area contributed by atoms with Crippen molar-refractivity contribution in [3.63, 3.8) is 0 Å². The second kappa shape index (κ2) is 4.05. The molecule has 1 heterocycles.